The lowest BCUT2D eigenvalue weighted by Gasteiger charge is -2.29. The van der Waals surface area contributed by atoms with Crippen LogP contribution in [-0.4, -0.2) is 44.3 Å². The second-order valence-corrected chi connectivity index (χ2v) is 7.06. The molecule has 2 unspecified atom stereocenters. The predicted octanol–water partition coefficient (Wildman–Crippen LogP) is 2.82. The van der Waals surface area contributed by atoms with E-state index in [9.17, 15) is 5.11 Å². The quantitative estimate of drug-likeness (QED) is 0.930. The zero-order chi connectivity index (χ0) is 16.4. The van der Waals surface area contributed by atoms with Crippen LogP contribution in [0.2, 0.25) is 0 Å². The minimum absolute atomic E-state index is 0.0324. The number of pyridine rings is 1. The van der Waals surface area contributed by atoms with Crippen LogP contribution in [0, 0.1) is 5.92 Å². The number of hydrogen-bond acceptors (Lipinski definition) is 6. The third-order valence-corrected chi connectivity index (χ3v) is 5.26. The van der Waals surface area contributed by atoms with E-state index in [4.69, 9.17) is 4.52 Å². The molecule has 1 N–H and O–H groups in total. The number of aliphatic hydroxyl groups is 1. The molecular formula is C18H24N4O2. The van der Waals surface area contributed by atoms with Gasteiger partial charge >= 0.3 is 0 Å². The molecule has 0 spiro atoms. The molecule has 24 heavy (non-hydrogen) atoms. The van der Waals surface area contributed by atoms with Gasteiger partial charge in [0.2, 0.25) is 11.7 Å². The zero-order valence-corrected chi connectivity index (χ0v) is 13.8. The Kier molecular flexibility index (Phi) is 4.58. The number of aliphatic hydroxyl groups excluding tert-OH is 1. The van der Waals surface area contributed by atoms with Crippen LogP contribution < -0.4 is 0 Å². The topological polar surface area (TPSA) is 75.3 Å². The third-order valence-electron chi connectivity index (χ3n) is 5.26. The van der Waals surface area contributed by atoms with E-state index in [1.807, 2.05) is 12.1 Å². The molecule has 6 nitrogen and oxygen atoms in total. The lowest BCUT2D eigenvalue weighted by molar-refractivity contribution is 0.147. The number of β-amino-alcohol motifs (C(OH)–C–C–N with tert-alkyl or cyclic N) is 1. The van der Waals surface area contributed by atoms with E-state index in [-0.39, 0.29) is 12.1 Å². The van der Waals surface area contributed by atoms with Crippen molar-refractivity contribution >= 4 is 0 Å². The molecule has 2 atom stereocenters. The first-order valence-corrected chi connectivity index (χ1v) is 8.95. The fourth-order valence-corrected chi connectivity index (χ4v) is 4.03. The van der Waals surface area contributed by atoms with E-state index in [1.165, 1.54) is 32.1 Å². The van der Waals surface area contributed by atoms with Gasteiger partial charge < -0.3 is 9.63 Å². The second kappa shape index (κ2) is 6.99. The van der Waals surface area contributed by atoms with Gasteiger partial charge in [0.15, 0.2) is 0 Å². The van der Waals surface area contributed by atoms with E-state index < -0.39 is 0 Å². The number of aromatic nitrogens is 3. The second-order valence-electron chi connectivity index (χ2n) is 7.06. The molecule has 3 heterocycles. The zero-order valence-electron chi connectivity index (χ0n) is 13.8. The summed E-state index contributed by atoms with van der Waals surface area (Å²) in [5.41, 5.74) is 0.900. The Morgan fingerprint density at radius 2 is 1.96 bits per heavy atom. The summed E-state index contributed by atoms with van der Waals surface area (Å²) >= 11 is 0. The van der Waals surface area contributed by atoms with Gasteiger partial charge in [0.05, 0.1) is 12.1 Å². The van der Waals surface area contributed by atoms with Gasteiger partial charge in [-0.3, -0.25) is 9.88 Å². The summed E-state index contributed by atoms with van der Waals surface area (Å²) in [7, 11) is 0. The maximum Gasteiger partial charge on any atom is 0.244 e. The molecule has 2 aromatic rings. The van der Waals surface area contributed by atoms with Gasteiger partial charge in [-0.15, -0.1) is 0 Å². The first kappa shape index (κ1) is 15.7. The minimum Gasteiger partial charge on any atom is -0.392 e. The van der Waals surface area contributed by atoms with Gasteiger partial charge in [0.25, 0.3) is 0 Å². The van der Waals surface area contributed by atoms with Gasteiger partial charge in [0.1, 0.15) is 0 Å². The molecule has 0 bridgehead atoms. The van der Waals surface area contributed by atoms with Gasteiger partial charge in [-0.05, 0) is 37.3 Å². The minimum atomic E-state index is -0.310. The van der Waals surface area contributed by atoms with Gasteiger partial charge in [0, 0.05) is 31.0 Å². The summed E-state index contributed by atoms with van der Waals surface area (Å²) in [5, 5.41) is 14.3. The van der Waals surface area contributed by atoms with Crippen LogP contribution in [0.25, 0.3) is 11.4 Å². The molecule has 0 radical (unpaired) electrons. The van der Waals surface area contributed by atoms with Crippen molar-refractivity contribution in [3.8, 4) is 11.4 Å². The molecular weight excluding hydrogens is 304 g/mol. The molecule has 128 valence electrons. The fourth-order valence-electron chi connectivity index (χ4n) is 4.03. The smallest absolute Gasteiger partial charge is 0.244 e. The summed E-state index contributed by atoms with van der Waals surface area (Å²) in [6, 6.07) is 3.78. The summed E-state index contributed by atoms with van der Waals surface area (Å²) in [6.07, 6.45) is 10.4. The van der Waals surface area contributed by atoms with Crippen molar-refractivity contribution in [2.75, 3.05) is 13.1 Å². The van der Waals surface area contributed by atoms with E-state index in [0.717, 1.165) is 18.0 Å². The van der Waals surface area contributed by atoms with E-state index in [0.29, 0.717) is 24.7 Å². The number of hydrogen-bond donors (Lipinski definition) is 1. The first-order chi connectivity index (χ1) is 11.8. The summed E-state index contributed by atoms with van der Waals surface area (Å²) in [6.45, 7) is 1.73. The maximum atomic E-state index is 10.1. The van der Waals surface area contributed by atoms with Crippen LogP contribution in [0.5, 0.6) is 0 Å². The summed E-state index contributed by atoms with van der Waals surface area (Å²) < 4.78 is 5.54. The largest absolute Gasteiger partial charge is 0.392 e. The summed E-state index contributed by atoms with van der Waals surface area (Å²) in [4.78, 5) is 10.9. The number of likely N-dealkylation sites (tertiary alicyclic amines) is 1. The molecule has 0 aromatic carbocycles. The third kappa shape index (κ3) is 3.35. The highest BCUT2D eigenvalue weighted by atomic mass is 16.5. The van der Waals surface area contributed by atoms with Crippen LogP contribution in [0.3, 0.4) is 0 Å². The van der Waals surface area contributed by atoms with Crippen LogP contribution in [0.1, 0.15) is 50.5 Å². The molecule has 0 amide bonds. The van der Waals surface area contributed by atoms with Crippen molar-refractivity contribution in [1.29, 1.82) is 0 Å². The van der Waals surface area contributed by atoms with Gasteiger partial charge in [-0.25, -0.2) is 0 Å². The Labute approximate surface area is 141 Å². The molecule has 1 saturated heterocycles. The predicted molar refractivity (Wildman–Crippen MR) is 89.0 cm³/mol. The van der Waals surface area contributed by atoms with Gasteiger partial charge in [-0.2, -0.15) is 4.98 Å². The Bertz CT molecular complexity index is 654. The Morgan fingerprint density at radius 3 is 2.75 bits per heavy atom. The lowest BCUT2D eigenvalue weighted by atomic mass is 9.89. The van der Waals surface area contributed by atoms with Crippen molar-refractivity contribution < 1.29 is 9.63 Å². The highest BCUT2D eigenvalue weighted by Gasteiger charge is 2.37. The van der Waals surface area contributed by atoms with Crippen molar-refractivity contribution in [3.63, 3.8) is 0 Å². The monoisotopic (exact) mass is 328 g/mol. The van der Waals surface area contributed by atoms with Crippen molar-refractivity contribution in [1.82, 2.24) is 20.0 Å². The lowest BCUT2D eigenvalue weighted by Crippen LogP contribution is -2.31. The SMILES string of the molecule is OC1CC(c2nc(-c3ccncc3)no2)N(CC2CCCCC2)C1. The van der Waals surface area contributed by atoms with Crippen LogP contribution in [-0.2, 0) is 0 Å². The molecule has 2 aromatic heterocycles. The number of nitrogens with zero attached hydrogens (tertiary/aromatic N) is 4. The average molecular weight is 328 g/mol. The molecule has 1 saturated carbocycles. The first-order valence-electron chi connectivity index (χ1n) is 8.95. The van der Waals surface area contributed by atoms with Crippen molar-refractivity contribution in [3.05, 3.63) is 30.4 Å². The van der Waals surface area contributed by atoms with Crippen molar-refractivity contribution in [2.45, 2.75) is 50.7 Å². The van der Waals surface area contributed by atoms with E-state index in [2.05, 4.69) is 20.0 Å². The normalized spacial score (nSPS) is 26.0. The Morgan fingerprint density at radius 1 is 1.17 bits per heavy atom. The van der Waals surface area contributed by atoms with Crippen LogP contribution >= 0.6 is 0 Å². The fraction of sp³-hybridized carbons (Fsp3) is 0.611. The standard InChI is InChI=1S/C18H24N4O2/c23-15-10-16(22(12-15)11-13-4-2-1-3-5-13)18-20-17(21-24-18)14-6-8-19-9-7-14/h6-9,13,15-16,23H,1-5,10-12H2. The maximum absolute atomic E-state index is 10.1. The van der Waals surface area contributed by atoms with Gasteiger partial charge in [-0.1, -0.05) is 24.4 Å². The average Bonchev–Trinajstić information content (AvgIpc) is 3.23. The van der Waals surface area contributed by atoms with Crippen LogP contribution in [0.15, 0.2) is 29.0 Å². The highest BCUT2D eigenvalue weighted by Crippen LogP contribution is 2.35. The van der Waals surface area contributed by atoms with E-state index in [1.54, 1.807) is 12.4 Å². The molecule has 2 fully saturated rings. The van der Waals surface area contributed by atoms with Crippen LogP contribution in [0.4, 0.5) is 0 Å². The molecule has 2 aliphatic rings. The summed E-state index contributed by atoms with van der Waals surface area (Å²) in [5.74, 6) is 1.94. The Balaban J connectivity index is 1.50. The molecule has 6 heteroatoms. The van der Waals surface area contributed by atoms with Crippen molar-refractivity contribution in [2.24, 2.45) is 5.92 Å². The van der Waals surface area contributed by atoms with E-state index >= 15 is 0 Å². The Hall–Kier alpha value is -1.79. The highest BCUT2D eigenvalue weighted by molar-refractivity contribution is 5.52. The number of rotatable bonds is 4. The molecule has 1 aliphatic heterocycles. The molecule has 1 aliphatic carbocycles. The molecule has 4 rings (SSSR count).